The van der Waals surface area contributed by atoms with E-state index in [2.05, 4.69) is 11.7 Å². The maximum atomic E-state index is 12.8. The zero-order chi connectivity index (χ0) is 16.3. The monoisotopic (exact) mass is 326 g/mol. The number of benzene rings is 1. The van der Waals surface area contributed by atoms with Gasteiger partial charge < -0.3 is 10.5 Å². The van der Waals surface area contributed by atoms with Gasteiger partial charge in [0.25, 0.3) is 0 Å². The minimum Gasteiger partial charge on any atom is -0.465 e. The molecule has 2 N–H and O–H groups in total. The number of hydrogen-bond donors (Lipinski definition) is 1. The van der Waals surface area contributed by atoms with Gasteiger partial charge in [-0.25, -0.2) is 13.2 Å². The van der Waals surface area contributed by atoms with E-state index in [9.17, 15) is 13.2 Å². The fourth-order valence-electron chi connectivity index (χ4n) is 2.69. The van der Waals surface area contributed by atoms with E-state index in [1.54, 1.807) is 6.07 Å². The number of nitrogens with two attached hydrogens (primary N) is 1. The van der Waals surface area contributed by atoms with Gasteiger partial charge in [-0.05, 0) is 43.0 Å². The first-order valence-electron chi connectivity index (χ1n) is 7.28. The van der Waals surface area contributed by atoms with Crippen LogP contribution in [0.1, 0.15) is 23.7 Å². The number of rotatable bonds is 4. The Kier molecular flexibility index (Phi) is 5.20. The van der Waals surface area contributed by atoms with Crippen molar-refractivity contribution in [3.63, 3.8) is 0 Å². The summed E-state index contributed by atoms with van der Waals surface area (Å²) in [6.07, 6.45) is 0.789. The van der Waals surface area contributed by atoms with Crippen molar-refractivity contribution < 1.29 is 17.9 Å². The van der Waals surface area contributed by atoms with Crippen molar-refractivity contribution in [2.45, 2.75) is 18.2 Å². The van der Waals surface area contributed by atoms with E-state index in [0.717, 1.165) is 6.42 Å². The maximum absolute atomic E-state index is 12.8. The van der Waals surface area contributed by atoms with Gasteiger partial charge in [-0.1, -0.05) is 13.0 Å². The number of sulfonamides is 1. The van der Waals surface area contributed by atoms with Gasteiger partial charge in [0.15, 0.2) is 0 Å². The van der Waals surface area contributed by atoms with Gasteiger partial charge in [0.05, 0.1) is 17.6 Å². The molecule has 122 valence electrons. The summed E-state index contributed by atoms with van der Waals surface area (Å²) in [5, 5.41) is 0. The quantitative estimate of drug-likeness (QED) is 0.836. The highest BCUT2D eigenvalue weighted by atomic mass is 32.2. The summed E-state index contributed by atoms with van der Waals surface area (Å²) in [5.41, 5.74) is 5.96. The van der Waals surface area contributed by atoms with Crippen molar-refractivity contribution in [2.24, 2.45) is 17.6 Å². The van der Waals surface area contributed by atoms with Crippen LogP contribution in [0.25, 0.3) is 0 Å². The third kappa shape index (κ3) is 3.31. The Hall–Kier alpha value is -1.44. The van der Waals surface area contributed by atoms with E-state index < -0.39 is 16.0 Å². The molecule has 22 heavy (non-hydrogen) atoms. The lowest BCUT2D eigenvalue weighted by Crippen LogP contribution is -2.45. The lowest BCUT2D eigenvalue weighted by atomic mass is 9.88. The van der Waals surface area contributed by atoms with Crippen LogP contribution in [0.3, 0.4) is 0 Å². The van der Waals surface area contributed by atoms with E-state index in [1.807, 2.05) is 0 Å². The molecular formula is C15H22N2O4S. The first-order valence-corrected chi connectivity index (χ1v) is 8.72. The normalized spacial score (nSPS) is 23.2. The lowest BCUT2D eigenvalue weighted by Gasteiger charge is -2.35. The number of methoxy groups -OCH3 is 1. The summed E-state index contributed by atoms with van der Waals surface area (Å²) < 4.78 is 31.6. The Bertz CT molecular complexity index is 645. The second-order valence-electron chi connectivity index (χ2n) is 5.64. The van der Waals surface area contributed by atoms with Gasteiger partial charge in [-0.2, -0.15) is 4.31 Å². The van der Waals surface area contributed by atoms with E-state index in [-0.39, 0.29) is 16.4 Å². The zero-order valence-corrected chi connectivity index (χ0v) is 13.7. The SMILES string of the molecule is COC(=O)c1cccc(S(=O)(=O)N2CCC(C)C(CN)C2)c1. The largest absolute Gasteiger partial charge is 0.465 e. The molecule has 2 rings (SSSR count). The molecule has 0 spiro atoms. The highest BCUT2D eigenvalue weighted by molar-refractivity contribution is 7.89. The van der Waals surface area contributed by atoms with Gasteiger partial charge in [-0.15, -0.1) is 0 Å². The summed E-state index contributed by atoms with van der Waals surface area (Å²) >= 11 is 0. The predicted octanol–water partition coefficient (Wildman–Crippen LogP) is 1.08. The van der Waals surface area contributed by atoms with E-state index in [0.29, 0.717) is 25.6 Å². The number of carbonyl (C=O) groups excluding carboxylic acids is 1. The van der Waals surface area contributed by atoms with Crippen molar-refractivity contribution in [1.82, 2.24) is 4.31 Å². The summed E-state index contributed by atoms with van der Waals surface area (Å²) in [5.74, 6) is 0.0225. The van der Waals surface area contributed by atoms with Crippen molar-refractivity contribution in [2.75, 3.05) is 26.7 Å². The molecule has 1 fully saturated rings. The Labute approximate surface area is 131 Å². The molecule has 1 aliphatic heterocycles. The highest BCUT2D eigenvalue weighted by Crippen LogP contribution is 2.27. The van der Waals surface area contributed by atoms with Crippen LogP contribution in [0, 0.1) is 11.8 Å². The summed E-state index contributed by atoms with van der Waals surface area (Å²) in [7, 11) is -2.36. The van der Waals surface area contributed by atoms with E-state index in [4.69, 9.17) is 5.73 Å². The summed E-state index contributed by atoms with van der Waals surface area (Å²) in [6, 6.07) is 5.94. The molecule has 1 aliphatic rings. The van der Waals surface area contributed by atoms with Crippen LogP contribution < -0.4 is 5.73 Å². The Morgan fingerprint density at radius 2 is 2.18 bits per heavy atom. The fraction of sp³-hybridized carbons (Fsp3) is 0.533. The third-order valence-corrected chi connectivity index (χ3v) is 6.13. The molecule has 1 heterocycles. The maximum Gasteiger partial charge on any atom is 0.337 e. The van der Waals surface area contributed by atoms with Crippen molar-refractivity contribution in [3.05, 3.63) is 29.8 Å². The average molecular weight is 326 g/mol. The molecule has 0 bridgehead atoms. The van der Waals surface area contributed by atoms with Crippen molar-refractivity contribution >= 4 is 16.0 Å². The van der Waals surface area contributed by atoms with Gasteiger partial charge in [-0.3, -0.25) is 0 Å². The van der Waals surface area contributed by atoms with Gasteiger partial charge >= 0.3 is 5.97 Å². The minimum atomic E-state index is -3.62. The molecule has 0 aromatic heterocycles. The van der Waals surface area contributed by atoms with Crippen molar-refractivity contribution in [1.29, 1.82) is 0 Å². The second-order valence-corrected chi connectivity index (χ2v) is 7.58. The van der Waals surface area contributed by atoms with Crippen LogP contribution in [-0.2, 0) is 14.8 Å². The Morgan fingerprint density at radius 3 is 2.82 bits per heavy atom. The summed E-state index contributed by atoms with van der Waals surface area (Å²) in [6.45, 7) is 3.46. The number of piperidine rings is 1. The predicted molar refractivity (Wildman–Crippen MR) is 82.9 cm³/mol. The Morgan fingerprint density at radius 1 is 1.45 bits per heavy atom. The summed E-state index contributed by atoms with van der Waals surface area (Å²) in [4.78, 5) is 11.7. The topological polar surface area (TPSA) is 89.7 Å². The van der Waals surface area contributed by atoms with Gasteiger partial charge in [0.1, 0.15) is 0 Å². The molecule has 0 radical (unpaired) electrons. The number of esters is 1. The second kappa shape index (κ2) is 6.76. The number of ether oxygens (including phenoxy) is 1. The van der Waals surface area contributed by atoms with Crippen LogP contribution in [0.15, 0.2) is 29.2 Å². The minimum absolute atomic E-state index is 0.112. The van der Waals surface area contributed by atoms with Gasteiger partial charge in [0, 0.05) is 13.1 Å². The lowest BCUT2D eigenvalue weighted by molar-refractivity contribution is 0.0600. The number of hydrogen-bond acceptors (Lipinski definition) is 5. The molecule has 2 atom stereocenters. The van der Waals surface area contributed by atoms with E-state index in [1.165, 1.54) is 29.6 Å². The third-order valence-electron chi connectivity index (χ3n) is 4.27. The molecule has 0 amide bonds. The molecule has 7 heteroatoms. The van der Waals surface area contributed by atoms with E-state index >= 15 is 0 Å². The first kappa shape index (κ1) is 16.9. The molecule has 1 saturated heterocycles. The van der Waals surface area contributed by atoms with Gasteiger partial charge in [0.2, 0.25) is 10.0 Å². The standard InChI is InChI=1S/C15H22N2O4S/c1-11-6-7-17(10-13(11)9-16)22(19,20)14-5-3-4-12(8-14)15(18)21-2/h3-5,8,11,13H,6-7,9-10,16H2,1-2H3. The Balaban J connectivity index is 2.29. The fourth-order valence-corrected chi connectivity index (χ4v) is 4.25. The number of carbonyl (C=O) groups is 1. The molecule has 1 aromatic rings. The van der Waals surface area contributed by atoms with Crippen LogP contribution in [-0.4, -0.2) is 45.4 Å². The smallest absolute Gasteiger partial charge is 0.337 e. The molecular weight excluding hydrogens is 304 g/mol. The first-order chi connectivity index (χ1) is 10.4. The molecule has 0 aliphatic carbocycles. The van der Waals surface area contributed by atoms with Crippen molar-refractivity contribution in [3.8, 4) is 0 Å². The van der Waals surface area contributed by atoms with Crippen LogP contribution in [0.4, 0.5) is 0 Å². The average Bonchev–Trinajstić information content (AvgIpc) is 2.54. The number of nitrogens with zero attached hydrogens (tertiary/aromatic N) is 1. The van der Waals surface area contributed by atoms with Crippen LogP contribution >= 0.6 is 0 Å². The van der Waals surface area contributed by atoms with Crippen LogP contribution in [0.5, 0.6) is 0 Å². The highest BCUT2D eigenvalue weighted by Gasteiger charge is 2.33. The molecule has 2 unspecified atom stereocenters. The van der Waals surface area contributed by atoms with Crippen LogP contribution in [0.2, 0.25) is 0 Å². The molecule has 1 aromatic carbocycles. The molecule has 6 nitrogen and oxygen atoms in total. The molecule has 0 saturated carbocycles. The zero-order valence-electron chi connectivity index (χ0n) is 12.9.